The van der Waals surface area contributed by atoms with E-state index in [2.05, 4.69) is 5.32 Å². The van der Waals surface area contributed by atoms with E-state index in [-0.39, 0.29) is 5.91 Å². The van der Waals surface area contributed by atoms with Gasteiger partial charge in [0.1, 0.15) is 11.6 Å². The summed E-state index contributed by atoms with van der Waals surface area (Å²) in [6.45, 7) is 9.41. The molecule has 5 nitrogen and oxygen atoms in total. The van der Waals surface area contributed by atoms with E-state index in [4.69, 9.17) is 4.74 Å². The second-order valence-electron chi connectivity index (χ2n) is 8.63. The Hall–Kier alpha value is -2.18. The fourth-order valence-electron chi connectivity index (χ4n) is 3.20. The standard InChI is InChI=1S/C20H28F2N2O3/c1-19(2,3)27-18(26)24-10-6-7-16(24)17(25)23-20(4,5)12-13-8-9-14(21)15(22)11-13/h8-9,11,16H,6-7,10,12H2,1-5H3,(H,23,25). The molecule has 1 N–H and O–H groups in total. The maximum atomic E-state index is 13.4. The van der Waals surface area contributed by atoms with Crippen molar-refractivity contribution in [1.82, 2.24) is 10.2 Å². The third-order valence-electron chi connectivity index (χ3n) is 4.28. The van der Waals surface area contributed by atoms with Gasteiger partial charge in [0, 0.05) is 12.1 Å². The number of nitrogens with zero attached hydrogens (tertiary/aromatic N) is 1. The second kappa shape index (κ2) is 7.82. The number of benzene rings is 1. The van der Waals surface area contributed by atoms with Gasteiger partial charge < -0.3 is 10.1 Å². The largest absolute Gasteiger partial charge is 0.444 e. The van der Waals surface area contributed by atoms with Gasteiger partial charge in [0.05, 0.1) is 0 Å². The van der Waals surface area contributed by atoms with Crippen LogP contribution in [0.3, 0.4) is 0 Å². The fourth-order valence-corrected chi connectivity index (χ4v) is 3.20. The van der Waals surface area contributed by atoms with Gasteiger partial charge in [-0.25, -0.2) is 13.6 Å². The lowest BCUT2D eigenvalue weighted by Gasteiger charge is -2.32. The van der Waals surface area contributed by atoms with E-state index in [0.717, 1.165) is 18.6 Å². The number of halogens is 2. The lowest BCUT2D eigenvalue weighted by molar-refractivity contribution is -0.127. The van der Waals surface area contributed by atoms with Crippen molar-refractivity contribution in [3.63, 3.8) is 0 Å². The first-order valence-electron chi connectivity index (χ1n) is 9.13. The van der Waals surface area contributed by atoms with Crippen molar-refractivity contribution >= 4 is 12.0 Å². The third-order valence-corrected chi connectivity index (χ3v) is 4.28. The topological polar surface area (TPSA) is 58.6 Å². The van der Waals surface area contributed by atoms with Crippen LogP contribution in [0.1, 0.15) is 53.0 Å². The molecule has 1 aliphatic heterocycles. The number of likely N-dealkylation sites (tertiary alicyclic amines) is 1. The molecule has 7 heteroatoms. The van der Waals surface area contributed by atoms with Crippen LogP contribution in [-0.2, 0) is 16.0 Å². The number of ether oxygens (including phenoxy) is 1. The van der Waals surface area contributed by atoms with Crippen LogP contribution in [0, 0.1) is 11.6 Å². The smallest absolute Gasteiger partial charge is 0.410 e. The van der Waals surface area contributed by atoms with Gasteiger partial charge in [-0.05, 0) is 71.6 Å². The summed E-state index contributed by atoms with van der Waals surface area (Å²) >= 11 is 0. The van der Waals surface area contributed by atoms with Gasteiger partial charge in [0.15, 0.2) is 11.6 Å². The lowest BCUT2D eigenvalue weighted by Crippen LogP contribution is -2.53. The minimum absolute atomic E-state index is 0.272. The minimum atomic E-state index is -0.915. The Labute approximate surface area is 159 Å². The van der Waals surface area contributed by atoms with Crippen molar-refractivity contribution in [3.05, 3.63) is 35.4 Å². The molecule has 0 aromatic heterocycles. The summed E-state index contributed by atoms with van der Waals surface area (Å²) < 4.78 is 31.9. The number of nitrogens with one attached hydrogen (secondary N) is 1. The van der Waals surface area contributed by atoms with E-state index in [0.29, 0.717) is 24.9 Å². The van der Waals surface area contributed by atoms with Crippen LogP contribution in [-0.4, -0.2) is 40.6 Å². The number of amides is 2. The first-order valence-corrected chi connectivity index (χ1v) is 9.13. The predicted molar refractivity (Wildman–Crippen MR) is 98.2 cm³/mol. The van der Waals surface area contributed by atoms with E-state index >= 15 is 0 Å². The van der Waals surface area contributed by atoms with Crippen molar-refractivity contribution in [1.29, 1.82) is 0 Å². The van der Waals surface area contributed by atoms with E-state index < -0.39 is 34.9 Å². The number of rotatable bonds is 4. The highest BCUT2D eigenvalue weighted by atomic mass is 19.2. The van der Waals surface area contributed by atoms with Crippen molar-refractivity contribution in [2.45, 2.75) is 71.1 Å². The first-order chi connectivity index (χ1) is 12.4. The van der Waals surface area contributed by atoms with Crippen LogP contribution in [0.25, 0.3) is 0 Å². The van der Waals surface area contributed by atoms with Gasteiger partial charge in [0.25, 0.3) is 0 Å². The van der Waals surface area contributed by atoms with E-state index in [9.17, 15) is 18.4 Å². The molecule has 1 saturated heterocycles. The molecule has 2 amide bonds. The maximum absolute atomic E-state index is 13.4. The van der Waals surface area contributed by atoms with Gasteiger partial charge in [0.2, 0.25) is 5.91 Å². The molecule has 0 bridgehead atoms. The molecule has 0 radical (unpaired) electrons. The Kier molecular flexibility index (Phi) is 6.12. The van der Waals surface area contributed by atoms with Gasteiger partial charge in [-0.2, -0.15) is 0 Å². The molecule has 27 heavy (non-hydrogen) atoms. The second-order valence-corrected chi connectivity index (χ2v) is 8.63. The van der Waals surface area contributed by atoms with Gasteiger partial charge >= 0.3 is 6.09 Å². The third kappa shape index (κ3) is 5.91. The molecular formula is C20H28F2N2O3. The molecule has 150 valence electrons. The monoisotopic (exact) mass is 382 g/mol. The molecule has 1 aliphatic rings. The highest BCUT2D eigenvalue weighted by molar-refractivity contribution is 5.86. The zero-order valence-electron chi connectivity index (χ0n) is 16.6. The molecule has 0 aliphatic carbocycles. The Morgan fingerprint density at radius 1 is 1.19 bits per heavy atom. The van der Waals surface area contributed by atoms with Crippen LogP contribution < -0.4 is 5.32 Å². The van der Waals surface area contributed by atoms with E-state index in [1.807, 2.05) is 0 Å². The molecule has 0 saturated carbocycles. The van der Waals surface area contributed by atoms with Crippen molar-refractivity contribution in [3.8, 4) is 0 Å². The predicted octanol–water partition coefficient (Wildman–Crippen LogP) is 3.80. The zero-order chi connectivity index (χ0) is 20.4. The summed E-state index contributed by atoms with van der Waals surface area (Å²) in [6, 6.07) is 3.11. The van der Waals surface area contributed by atoms with E-state index in [1.54, 1.807) is 34.6 Å². The van der Waals surface area contributed by atoms with Crippen molar-refractivity contribution < 1.29 is 23.1 Å². The van der Waals surface area contributed by atoms with Crippen molar-refractivity contribution in [2.24, 2.45) is 0 Å². The van der Waals surface area contributed by atoms with Gasteiger partial charge in [-0.15, -0.1) is 0 Å². The van der Waals surface area contributed by atoms with Crippen LogP contribution in [0.5, 0.6) is 0 Å². The molecule has 0 spiro atoms. The molecule has 1 aromatic carbocycles. The summed E-state index contributed by atoms with van der Waals surface area (Å²) in [5.74, 6) is -2.09. The Balaban J connectivity index is 2.03. The zero-order valence-corrected chi connectivity index (χ0v) is 16.6. The van der Waals surface area contributed by atoms with Gasteiger partial charge in [-0.3, -0.25) is 9.69 Å². The van der Waals surface area contributed by atoms with Crippen LogP contribution in [0.2, 0.25) is 0 Å². The maximum Gasteiger partial charge on any atom is 0.410 e. The minimum Gasteiger partial charge on any atom is -0.444 e. The molecule has 1 unspecified atom stereocenters. The number of hydrogen-bond donors (Lipinski definition) is 1. The average molecular weight is 382 g/mol. The summed E-state index contributed by atoms with van der Waals surface area (Å²) in [6.07, 6.45) is 1.11. The van der Waals surface area contributed by atoms with Gasteiger partial charge in [-0.1, -0.05) is 6.07 Å². The Morgan fingerprint density at radius 2 is 1.85 bits per heavy atom. The van der Waals surface area contributed by atoms with E-state index in [1.165, 1.54) is 11.0 Å². The fraction of sp³-hybridized carbons (Fsp3) is 0.600. The summed E-state index contributed by atoms with van der Waals surface area (Å²) in [5.41, 5.74) is -0.745. The number of carbonyl (C=O) groups excluding carboxylic acids is 2. The SMILES string of the molecule is CC(C)(Cc1ccc(F)c(F)c1)NC(=O)C1CCCN1C(=O)OC(C)(C)C. The van der Waals surface area contributed by atoms with Crippen molar-refractivity contribution in [2.75, 3.05) is 6.54 Å². The Morgan fingerprint density at radius 3 is 2.44 bits per heavy atom. The van der Waals surface area contributed by atoms with Crippen LogP contribution >= 0.6 is 0 Å². The highest BCUT2D eigenvalue weighted by Crippen LogP contribution is 2.23. The summed E-state index contributed by atoms with van der Waals surface area (Å²) in [5, 5.41) is 2.92. The molecule has 1 fully saturated rings. The molecule has 2 rings (SSSR count). The number of hydrogen-bond acceptors (Lipinski definition) is 3. The first kappa shape index (κ1) is 21.1. The lowest BCUT2D eigenvalue weighted by atomic mass is 9.94. The quantitative estimate of drug-likeness (QED) is 0.862. The summed E-state index contributed by atoms with van der Waals surface area (Å²) in [7, 11) is 0. The van der Waals surface area contributed by atoms with Crippen LogP contribution in [0.15, 0.2) is 18.2 Å². The summed E-state index contributed by atoms with van der Waals surface area (Å²) in [4.78, 5) is 26.6. The molecule has 1 aromatic rings. The van der Waals surface area contributed by atoms with Crippen LogP contribution in [0.4, 0.5) is 13.6 Å². The average Bonchev–Trinajstić information content (AvgIpc) is 2.98. The molecule has 1 heterocycles. The molecular weight excluding hydrogens is 354 g/mol. The normalized spacial score (nSPS) is 17.7. The Bertz CT molecular complexity index is 714. The highest BCUT2D eigenvalue weighted by Gasteiger charge is 2.38. The number of carbonyl (C=O) groups is 2. The molecule has 1 atom stereocenters.